The predicted molar refractivity (Wildman–Crippen MR) is 115 cm³/mol. The number of carbonyl (C=O) groups excluding carboxylic acids is 1. The third-order valence-electron chi connectivity index (χ3n) is 4.24. The highest BCUT2D eigenvalue weighted by atomic mass is 32.2. The third kappa shape index (κ3) is 4.22. The molecule has 2 aromatic rings. The van der Waals surface area contributed by atoms with E-state index in [-0.39, 0.29) is 11.1 Å². The zero-order valence-electron chi connectivity index (χ0n) is 16.5. The maximum Gasteiger partial charge on any atom is 0.271 e. The lowest BCUT2D eigenvalue weighted by atomic mass is 10.1. The lowest BCUT2D eigenvalue weighted by Crippen LogP contribution is -2.28. The molecule has 0 spiro atoms. The van der Waals surface area contributed by atoms with E-state index in [1.54, 1.807) is 13.2 Å². The molecule has 1 saturated heterocycles. The lowest BCUT2D eigenvalue weighted by molar-refractivity contribution is -0.113. The van der Waals surface area contributed by atoms with Crippen molar-refractivity contribution < 1.29 is 14.3 Å². The van der Waals surface area contributed by atoms with Crippen LogP contribution in [0.3, 0.4) is 0 Å². The number of para-hydroxylation sites is 1. The number of amides is 1. The number of nitrogens with one attached hydrogen (secondary N) is 1. The second-order valence-electron chi connectivity index (χ2n) is 6.96. The maximum atomic E-state index is 12.9. The fraction of sp³-hybridized carbons (Fsp3) is 0.273. The highest BCUT2D eigenvalue weighted by Gasteiger charge is 2.34. The van der Waals surface area contributed by atoms with Gasteiger partial charge in [-0.15, -0.1) is 0 Å². The fourth-order valence-corrected chi connectivity index (χ4v) is 3.68. The Morgan fingerprint density at radius 1 is 1.18 bits per heavy atom. The average molecular weight is 397 g/mol. The van der Waals surface area contributed by atoms with Gasteiger partial charge in [-0.1, -0.05) is 38.1 Å². The van der Waals surface area contributed by atoms with Crippen molar-refractivity contribution in [3.05, 3.63) is 58.5 Å². The number of amidine groups is 1. The zero-order chi connectivity index (χ0) is 20.3. The van der Waals surface area contributed by atoms with Gasteiger partial charge in [0, 0.05) is 0 Å². The topological polar surface area (TPSA) is 62.6 Å². The molecule has 1 N–H and O–H groups in total. The highest BCUT2D eigenvalue weighted by Crippen LogP contribution is 2.37. The molecule has 1 amide bonds. The van der Waals surface area contributed by atoms with Crippen LogP contribution in [-0.2, 0) is 4.79 Å². The molecule has 28 heavy (non-hydrogen) atoms. The van der Waals surface area contributed by atoms with E-state index < -0.39 is 0 Å². The normalized spacial score (nSPS) is 15.6. The van der Waals surface area contributed by atoms with E-state index >= 15 is 0 Å². The van der Waals surface area contributed by atoms with Crippen molar-refractivity contribution in [3.8, 4) is 11.5 Å². The number of thioether (sulfide) groups is 1. The first-order valence-corrected chi connectivity index (χ1v) is 9.91. The van der Waals surface area contributed by atoms with Crippen molar-refractivity contribution in [2.24, 2.45) is 5.92 Å². The third-order valence-corrected chi connectivity index (χ3v) is 5.13. The second kappa shape index (κ2) is 8.52. The van der Waals surface area contributed by atoms with E-state index in [9.17, 15) is 4.79 Å². The molecule has 146 valence electrons. The van der Waals surface area contributed by atoms with Crippen molar-refractivity contribution in [1.29, 1.82) is 5.41 Å². The number of carbonyl (C=O) groups is 1. The summed E-state index contributed by atoms with van der Waals surface area (Å²) in [5.74, 6) is 1.52. The number of benzene rings is 2. The summed E-state index contributed by atoms with van der Waals surface area (Å²) in [6, 6.07) is 13.2. The van der Waals surface area contributed by atoms with Crippen molar-refractivity contribution in [2.75, 3.05) is 18.6 Å². The van der Waals surface area contributed by atoms with Crippen LogP contribution in [-0.4, -0.2) is 24.8 Å². The quantitative estimate of drug-likeness (QED) is 0.691. The molecule has 6 heteroatoms. The number of aryl methyl sites for hydroxylation is 1. The number of hydrogen-bond donors (Lipinski definition) is 1. The molecule has 0 bridgehead atoms. The van der Waals surface area contributed by atoms with Crippen molar-refractivity contribution in [2.45, 2.75) is 20.8 Å². The summed E-state index contributed by atoms with van der Waals surface area (Å²) >= 11 is 1.16. The second-order valence-corrected chi connectivity index (χ2v) is 7.99. The smallest absolute Gasteiger partial charge is 0.271 e. The SMILES string of the molecule is COc1cc(/C=C2\SC(=N)N(c3ccccc3C)C2=O)ccc1OCC(C)C. The molecule has 1 aliphatic rings. The van der Waals surface area contributed by atoms with Gasteiger partial charge in [0.2, 0.25) is 0 Å². The van der Waals surface area contributed by atoms with Crippen LogP contribution in [0.4, 0.5) is 5.69 Å². The maximum absolute atomic E-state index is 12.9. The molecule has 1 heterocycles. The molecule has 5 nitrogen and oxygen atoms in total. The van der Waals surface area contributed by atoms with E-state index in [2.05, 4.69) is 13.8 Å². The summed E-state index contributed by atoms with van der Waals surface area (Å²) in [6.45, 7) is 6.71. The zero-order valence-corrected chi connectivity index (χ0v) is 17.3. The number of ether oxygens (including phenoxy) is 2. The first-order valence-electron chi connectivity index (χ1n) is 9.09. The monoisotopic (exact) mass is 396 g/mol. The van der Waals surface area contributed by atoms with Gasteiger partial charge in [-0.05, 0) is 60.0 Å². The van der Waals surface area contributed by atoms with Gasteiger partial charge < -0.3 is 9.47 Å². The van der Waals surface area contributed by atoms with Gasteiger partial charge in [0.15, 0.2) is 16.7 Å². The molecule has 0 atom stereocenters. The molecular weight excluding hydrogens is 372 g/mol. The number of rotatable bonds is 6. The lowest BCUT2D eigenvalue weighted by Gasteiger charge is -2.16. The van der Waals surface area contributed by atoms with Crippen molar-refractivity contribution in [1.82, 2.24) is 0 Å². The minimum Gasteiger partial charge on any atom is -0.493 e. The largest absolute Gasteiger partial charge is 0.493 e. The standard InChI is InChI=1S/C22H24N2O3S/c1-14(2)13-27-18-10-9-16(11-19(18)26-4)12-20-21(25)24(22(23)28-20)17-8-6-5-7-15(17)3/h5-12,14,23H,13H2,1-4H3/b20-12-,23-22?. The molecule has 1 fully saturated rings. The van der Waals surface area contributed by atoms with Gasteiger partial charge in [-0.3, -0.25) is 15.1 Å². The van der Waals surface area contributed by atoms with Gasteiger partial charge in [-0.2, -0.15) is 0 Å². The van der Waals surface area contributed by atoms with Gasteiger partial charge in [0.1, 0.15) is 0 Å². The number of methoxy groups -OCH3 is 1. The van der Waals surface area contributed by atoms with Crippen molar-refractivity contribution in [3.63, 3.8) is 0 Å². The molecular formula is C22H24N2O3S. The molecule has 2 aromatic carbocycles. The molecule has 3 rings (SSSR count). The Morgan fingerprint density at radius 2 is 1.93 bits per heavy atom. The summed E-state index contributed by atoms with van der Waals surface area (Å²) in [5, 5.41) is 8.46. The van der Waals surface area contributed by atoms with Crippen LogP contribution in [0.5, 0.6) is 11.5 Å². The first-order chi connectivity index (χ1) is 13.4. The Labute approximate surface area is 169 Å². The Kier molecular flexibility index (Phi) is 6.09. The van der Waals surface area contributed by atoms with E-state index in [4.69, 9.17) is 14.9 Å². The van der Waals surface area contributed by atoms with Crippen molar-refractivity contribution >= 4 is 34.6 Å². The van der Waals surface area contributed by atoms with Crippen LogP contribution in [0.15, 0.2) is 47.4 Å². The van der Waals surface area contributed by atoms with Gasteiger partial charge in [-0.25, -0.2) is 0 Å². The summed E-state index contributed by atoms with van der Waals surface area (Å²) in [5.41, 5.74) is 2.52. The summed E-state index contributed by atoms with van der Waals surface area (Å²) in [6.07, 6.45) is 1.79. The average Bonchev–Trinajstić information content (AvgIpc) is 2.94. The minimum atomic E-state index is -0.191. The van der Waals surface area contributed by atoms with Gasteiger partial charge in [0.05, 0.1) is 24.3 Å². The Morgan fingerprint density at radius 3 is 2.61 bits per heavy atom. The Hall–Kier alpha value is -2.73. The van der Waals surface area contributed by atoms with Crippen LogP contribution in [0, 0.1) is 18.3 Å². The molecule has 0 aromatic heterocycles. The highest BCUT2D eigenvalue weighted by molar-refractivity contribution is 8.19. The number of nitrogens with zero attached hydrogens (tertiary/aromatic N) is 1. The van der Waals surface area contributed by atoms with Crippen LogP contribution in [0.2, 0.25) is 0 Å². The van der Waals surface area contributed by atoms with E-state index in [0.717, 1.165) is 28.6 Å². The number of anilines is 1. The molecule has 0 aliphatic carbocycles. The van der Waals surface area contributed by atoms with Crippen LogP contribution < -0.4 is 14.4 Å². The molecule has 0 saturated carbocycles. The fourth-order valence-electron chi connectivity index (χ4n) is 2.82. The molecule has 0 radical (unpaired) electrons. The summed E-state index contributed by atoms with van der Waals surface area (Å²) < 4.78 is 11.2. The Balaban J connectivity index is 1.87. The van der Waals surface area contributed by atoms with Crippen LogP contribution >= 0.6 is 11.8 Å². The first kappa shape index (κ1) is 20.0. The van der Waals surface area contributed by atoms with Crippen LogP contribution in [0.25, 0.3) is 6.08 Å². The van der Waals surface area contributed by atoms with Crippen LogP contribution in [0.1, 0.15) is 25.0 Å². The predicted octanol–water partition coefficient (Wildman–Crippen LogP) is 5.09. The number of hydrogen-bond acceptors (Lipinski definition) is 5. The van der Waals surface area contributed by atoms with Gasteiger partial charge in [0.25, 0.3) is 5.91 Å². The molecule has 0 unspecified atom stereocenters. The Bertz CT molecular complexity index is 937. The van der Waals surface area contributed by atoms with E-state index in [0.29, 0.717) is 28.9 Å². The van der Waals surface area contributed by atoms with E-state index in [1.165, 1.54) is 4.90 Å². The summed E-state index contributed by atoms with van der Waals surface area (Å²) in [7, 11) is 1.60. The summed E-state index contributed by atoms with van der Waals surface area (Å²) in [4.78, 5) is 14.9. The van der Waals surface area contributed by atoms with E-state index in [1.807, 2.05) is 49.4 Å². The van der Waals surface area contributed by atoms with Gasteiger partial charge >= 0.3 is 0 Å². The molecule has 1 aliphatic heterocycles. The minimum absolute atomic E-state index is 0.191.